The molecular formula is C16H23FN2O2. The summed E-state index contributed by atoms with van der Waals surface area (Å²) in [4.78, 5) is 11.6. The van der Waals surface area contributed by atoms with Crippen LogP contribution in [0.1, 0.15) is 24.8 Å². The van der Waals surface area contributed by atoms with E-state index in [0.717, 1.165) is 26.0 Å². The van der Waals surface area contributed by atoms with Crippen LogP contribution in [0.15, 0.2) is 24.3 Å². The van der Waals surface area contributed by atoms with Gasteiger partial charge in [0, 0.05) is 32.7 Å². The van der Waals surface area contributed by atoms with Crippen molar-refractivity contribution in [3.8, 4) is 0 Å². The van der Waals surface area contributed by atoms with Crippen LogP contribution in [0.5, 0.6) is 0 Å². The molecule has 5 heteroatoms. The van der Waals surface area contributed by atoms with Crippen molar-refractivity contribution in [3.05, 3.63) is 35.6 Å². The Hall–Kier alpha value is -1.46. The molecule has 1 amide bonds. The molecule has 0 bridgehead atoms. The number of benzene rings is 1. The van der Waals surface area contributed by atoms with Crippen molar-refractivity contribution in [3.63, 3.8) is 0 Å². The molecule has 0 spiro atoms. The Bertz CT molecular complexity index is 448. The predicted molar refractivity (Wildman–Crippen MR) is 79.6 cm³/mol. The summed E-state index contributed by atoms with van der Waals surface area (Å²) in [5.41, 5.74) is 0.634. The summed E-state index contributed by atoms with van der Waals surface area (Å²) in [6.07, 6.45) is 3.48. The second-order valence-corrected chi connectivity index (χ2v) is 5.28. The van der Waals surface area contributed by atoms with Crippen LogP contribution >= 0.6 is 0 Å². The van der Waals surface area contributed by atoms with E-state index in [9.17, 15) is 9.18 Å². The molecule has 0 aliphatic carbocycles. The lowest BCUT2D eigenvalue weighted by molar-refractivity contribution is -0.120. The smallest absolute Gasteiger partial charge is 0.221 e. The molecule has 0 aromatic heterocycles. The van der Waals surface area contributed by atoms with E-state index in [1.807, 2.05) is 0 Å². The molecule has 0 radical (unpaired) electrons. The molecule has 2 rings (SSSR count). The molecule has 21 heavy (non-hydrogen) atoms. The molecular weight excluding hydrogens is 271 g/mol. The Labute approximate surface area is 125 Å². The van der Waals surface area contributed by atoms with Crippen molar-refractivity contribution in [1.29, 1.82) is 0 Å². The highest BCUT2D eigenvalue weighted by atomic mass is 19.1. The van der Waals surface area contributed by atoms with Gasteiger partial charge in [-0.1, -0.05) is 18.2 Å². The molecule has 1 aliphatic heterocycles. The summed E-state index contributed by atoms with van der Waals surface area (Å²) in [5, 5.41) is 6.04. The number of amides is 1. The summed E-state index contributed by atoms with van der Waals surface area (Å²) in [6, 6.07) is 6.64. The van der Waals surface area contributed by atoms with E-state index < -0.39 is 0 Å². The van der Waals surface area contributed by atoms with Gasteiger partial charge < -0.3 is 15.4 Å². The monoisotopic (exact) mass is 294 g/mol. The fraction of sp³-hybridized carbons (Fsp3) is 0.562. The average Bonchev–Trinajstić information content (AvgIpc) is 2.99. The van der Waals surface area contributed by atoms with Gasteiger partial charge in [0.25, 0.3) is 0 Å². The number of hydrogen-bond donors (Lipinski definition) is 2. The highest BCUT2D eigenvalue weighted by molar-refractivity contribution is 5.76. The van der Waals surface area contributed by atoms with Gasteiger partial charge in [0.2, 0.25) is 5.91 Å². The third-order valence-electron chi connectivity index (χ3n) is 3.60. The van der Waals surface area contributed by atoms with Gasteiger partial charge in [-0.15, -0.1) is 0 Å². The third-order valence-corrected chi connectivity index (χ3v) is 3.60. The van der Waals surface area contributed by atoms with E-state index in [1.54, 1.807) is 18.2 Å². The Balaban J connectivity index is 1.52. The maximum absolute atomic E-state index is 13.4. The van der Waals surface area contributed by atoms with Crippen LogP contribution in [0.2, 0.25) is 0 Å². The summed E-state index contributed by atoms with van der Waals surface area (Å²) in [7, 11) is 0. The van der Waals surface area contributed by atoms with Gasteiger partial charge in [-0.3, -0.25) is 4.79 Å². The molecule has 1 aromatic rings. The molecule has 2 N–H and O–H groups in total. The van der Waals surface area contributed by atoms with Crippen molar-refractivity contribution in [2.75, 3.05) is 26.2 Å². The average molecular weight is 294 g/mol. The third kappa shape index (κ3) is 5.81. The van der Waals surface area contributed by atoms with Crippen LogP contribution in [0.4, 0.5) is 4.39 Å². The molecule has 1 unspecified atom stereocenters. The molecule has 116 valence electrons. The quantitative estimate of drug-likeness (QED) is 0.717. The van der Waals surface area contributed by atoms with E-state index in [0.29, 0.717) is 37.6 Å². The zero-order valence-electron chi connectivity index (χ0n) is 12.2. The first-order valence-electron chi connectivity index (χ1n) is 7.58. The lowest BCUT2D eigenvalue weighted by Gasteiger charge is -2.10. The largest absolute Gasteiger partial charge is 0.377 e. The number of halogens is 1. The molecule has 0 saturated carbocycles. The highest BCUT2D eigenvalue weighted by Crippen LogP contribution is 2.10. The first-order chi connectivity index (χ1) is 10.3. The van der Waals surface area contributed by atoms with Crippen molar-refractivity contribution >= 4 is 5.91 Å². The minimum absolute atomic E-state index is 0.00817. The van der Waals surface area contributed by atoms with E-state index in [2.05, 4.69) is 10.6 Å². The maximum Gasteiger partial charge on any atom is 0.221 e. The van der Waals surface area contributed by atoms with Crippen molar-refractivity contribution in [2.45, 2.75) is 31.8 Å². The number of ether oxygens (including phenoxy) is 1. The fourth-order valence-corrected chi connectivity index (χ4v) is 2.40. The topological polar surface area (TPSA) is 50.4 Å². The summed E-state index contributed by atoms with van der Waals surface area (Å²) in [6.45, 7) is 2.77. The summed E-state index contributed by atoms with van der Waals surface area (Å²) < 4.78 is 18.9. The van der Waals surface area contributed by atoms with Crippen LogP contribution in [-0.2, 0) is 16.0 Å². The lowest BCUT2D eigenvalue weighted by Crippen LogP contribution is -2.32. The van der Waals surface area contributed by atoms with Gasteiger partial charge in [0.15, 0.2) is 0 Å². The zero-order chi connectivity index (χ0) is 14.9. The molecule has 1 fully saturated rings. The van der Waals surface area contributed by atoms with Crippen LogP contribution in [0, 0.1) is 5.82 Å². The fourth-order valence-electron chi connectivity index (χ4n) is 2.40. The van der Waals surface area contributed by atoms with E-state index in [4.69, 9.17) is 4.74 Å². The SMILES string of the molecule is O=C(CCNCC1CCCO1)NCCc1ccccc1F. The van der Waals surface area contributed by atoms with Crippen molar-refractivity contribution in [1.82, 2.24) is 10.6 Å². The first-order valence-corrected chi connectivity index (χ1v) is 7.58. The van der Waals surface area contributed by atoms with Gasteiger partial charge >= 0.3 is 0 Å². The Morgan fingerprint density at radius 2 is 2.19 bits per heavy atom. The normalized spacial score (nSPS) is 17.9. The number of hydrogen-bond acceptors (Lipinski definition) is 3. The molecule has 1 heterocycles. The number of carbonyl (C=O) groups is 1. The molecule has 1 atom stereocenters. The van der Waals surface area contributed by atoms with E-state index >= 15 is 0 Å². The lowest BCUT2D eigenvalue weighted by atomic mass is 10.1. The zero-order valence-corrected chi connectivity index (χ0v) is 12.2. The second-order valence-electron chi connectivity index (χ2n) is 5.28. The summed E-state index contributed by atoms with van der Waals surface area (Å²) >= 11 is 0. The number of rotatable bonds is 8. The minimum atomic E-state index is -0.218. The first kappa shape index (κ1) is 15.9. The van der Waals surface area contributed by atoms with Crippen molar-refractivity contribution in [2.24, 2.45) is 0 Å². The Kier molecular flexibility index (Phi) is 6.63. The van der Waals surface area contributed by atoms with Gasteiger partial charge in [-0.05, 0) is 30.9 Å². The predicted octanol–water partition coefficient (Wildman–Crippen LogP) is 1.64. The number of carbonyl (C=O) groups excluding carboxylic acids is 1. The van der Waals surface area contributed by atoms with Crippen molar-refractivity contribution < 1.29 is 13.9 Å². The molecule has 1 aromatic carbocycles. The van der Waals surface area contributed by atoms with Crippen LogP contribution < -0.4 is 10.6 Å². The number of nitrogens with one attached hydrogen (secondary N) is 2. The van der Waals surface area contributed by atoms with E-state index in [-0.39, 0.29) is 11.7 Å². The standard InChI is InChI=1S/C16H23FN2O2/c17-15-6-2-1-4-13(15)7-10-19-16(20)8-9-18-12-14-5-3-11-21-14/h1-2,4,6,14,18H,3,5,7-12H2,(H,19,20). The molecule has 1 saturated heterocycles. The Morgan fingerprint density at radius 1 is 1.33 bits per heavy atom. The van der Waals surface area contributed by atoms with Crippen LogP contribution in [0.25, 0.3) is 0 Å². The molecule has 4 nitrogen and oxygen atoms in total. The Morgan fingerprint density at radius 3 is 2.95 bits per heavy atom. The van der Waals surface area contributed by atoms with Crippen LogP contribution in [-0.4, -0.2) is 38.3 Å². The van der Waals surface area contributed by atoms with Gasteiger partial charge in [0.1, 0.15) is 5.82 Å². The second kappa shape index (κ2) is 8.74. The summed E-state index contributed by atoms with van der Waals surface area (Å²) in [5.74, 6) is -0.226. The minimum Gasteiger partial charge on any atom is -0.377 e. The molecule has 1 aliphatic rings. The maximum atomic E-state index is 13.4. The highest BCUT2D eigenvalue weighted by Gasteiger charge is 2.14. The van der Waals surface area contributed by atoms with Gasteiger partial charge in [-0.25, -0.2) is 4.39 Å². The van der Waals surface area contributed by atoms with Gasteiger partial charge in [0.05, 0.1) is 6.10 Å². The van der Waals surface area contributed by atoms with Gasteiger partial charge in [-0.2, -0.15) is 0 Å². The van der Waals surface area contributed by atoms with Crippen LogP contribution in [0.3, 0.4) is 0 Å². The van der Waals surface area contributed by atoms with E-state index in [1.165, 1.54) is 6.07 Å².